The average molecular weight is 293 g/mol. The van der Waals surface area contributed by atoms with Crippen molar-refractivity contribution in [2.75, 3.05) is 0 Å². The lowest BCUT2D eigenvalue weighted by Crippen LogP contribution is -2.14. The van der Waals surface area contributed by atoms with Gasteiger partial charge >= 0.3 is 5.97 Å². The van der Waals surface area contributed by atoms with Crippen molar-refractivity contribution in [1.82, 2.24) is 0 Å². The first-order chi connectivity index (χ1) is 10.6. The molecule has 0 aliphatic rings. The van der Waals surface area contributed by atoms with Gasteiger partial charge in [-0.3, -0.25) is 5.11 Å². The van der Waals surface area contributed by atoms with Crippen LogP contribution < -0.4 is 0 Å². The van der Waals surface area contributed by atoms with Gasteiger partial charge in [-0.2, -0.15) is 0 Å². The van der Waals surface area contributed by atoms with Crippen LogP contribution in [0.1, 0.15) is 30.6 Å². The third-order valence-corrected chi connectivity index (χ3v) is 3.94. The molecule has 0 N–H and O–H groups in total. The molecule has 3 aromatic carbocycles. The van der Waals surface area contributed by atoms with Gasteiger partial charge in [0.15, 0.2) is 0 Å². The summed E-state index contributed by atoms with van der Waals surface area (Å²) in [5.74, 6) is -0.814. The Morgan fingerprint density at radius 2 is 1.73 bits per heavy atom. The molecule has 3 nitrogen and oxygen atoms in total. The van der Waals surface area contributed by atoms with Crippen molar-refractivity contribution in [2.24, 2.45) is 0 Å². The largest absolute Gasteiger partial charge is 0.459 e. The normalized spacial score (nSPS) is 12.5. The molecule has 3 aromatic rings. The maximum absolute atomic E-state index is 12.6. The van der Waals surface area contributed by atoms with Crippen LogP contribution in [0.3, 0.4) is 0 Å². The number of rotatable bonds is 3. The molecule has 0 aliphatic heterocycles. The highest BCUT2D eigenvalue weighted by molar-refractivity contribution is 6.06. The van der Waals surface area contributed by atoms with Gasteiger partial charge in [-0.1, -0.05) is 37.3 Å². The van der Waals surface area contributed by atoms with Crippen LogP contribution in [0, 0.1) is 0 Å². The molecule has 111 valence electrons. The first kappa shape index (κ1) is 14.4. The zero-order valence-corrected chi connectivity index (χ0v) is 12.6. The third-order valence-electron chi connectivity index (χ3n) is 3.94. The number of hydrogen-bond acceptors (Lipinski definition) is 2. The zero-order valence-electron chi connectivity index (χ0n) is 12.6. The molecule has 0 aromatic heterocycles. The molecule has 0 amide bonds. The smallest absolute Gasteiger partial charge is 0.342 e. The minimum atomic E-state index is -0.547. The molecule has 0 saturated heterocycles. The SMILES string of the molecule is CCC(C)OC(=O)c1ccc2cc3ccccc3cc2c1[O]. The quantitative estimate of drug-likeness (QED) is 0.498. The molecule has 3 heteroatoms. The van der Waals surface area contributed by atoms with Crippen molar-refractivity contribution in [2.45, 2.75) is 26.4 Å². The van der Waals surface area contributed by atoms with E-state index >= 15 is 0 Å². The van der Waals surface area contributed by atoms with Crippen molar-refractivity contribution in [3.05, 3.63) is 54.1 Å². The van der Waals surface area contributed by atoms with Gasteiger partial charge in [0.25, 0.3) is 0 Å². The highest BCUT2D eigenvalue weighted by Gasteiger charge is 2.18. The molecule has 22 heavy (non-hydrogen) atoms. The van der Waals surface area contributed by atoms with E-state index in [1.54, 1.807) is 12.1 Å². The molecule has 0 aliphatic carbocycles. The lowest BCUT2D eigenvalue weighted by atomic mass is 10.0. The molecule has 1 atom stereocenters. The van der Waals surface area contributed by atoms with Gasteiger partial charge < -0.3 is 4.74 Å². The number of ether oxygens (including phenoxy) is 1. The molecule has 0 bridgehead atoms. The lowest BCUT2D eigenvalue weighted by molar-refractivity contribution is 0.0330. The fourth-order valence-corrected chi connectivity index (χ4v) is 2.48. The number of benzene rings is 3. The van der Waals surface area contributed by atoms with Gasteiger partial charge in [0.1, 0.15) is 5.56 Å². The fourth-order valence-electron chi connectivity index (χ4n) is 2.48. The first-order valence-electron chi connectivity index (χ1n) is 7.43. The Morgan fingerprint density at radius 1 is 1.05 bits per heavy atom. The van der Waals surface area contributed by atoms with E-state index in [4.69, 9.17) is 4.74 Å². The Hall–Kier alpha value is -2.55. The number of fused-ring (bicyclic) bond motifs is 2. The highest BCUT2D eigenvalue weighted by Crippen LogP contribution is 2.33. The summed E-state index contributed by atoms with van der Waals surface area (Å²) in [5.41, 5.74) is 0.100. The van der Waals surface area contributed by atoms with Gasteiger partial charge in [-0.05, 0) is 47.7 Å². The molecule has 0 fully saturated rings. The summed E-state index contributed by atoms with van der Waals surface area (Å²) < 4.78 is 5.26. The van der Waals surface area contributed by atoms with Crippen molar-refractivity contribution >= 4 is 27.5 Å². The summed E-state index contributed by atoms with van der Waals surface area (Å²) in [6, 6.07) is 15.0. The van der Waals surface area contributed by atoms with E-state index in [-0.39, 0.29) is 17.4 Å². The Balaban J connectivity index is 2.12. The minimum Gasteiger partial charge on any atom is -0.459 e. The van der Waals surface area contributed by atoms with E-state index in [1.165, 1.54) is 0 Å². The summed E-state index contributed by atoms with van der Waals surface area (Å²) in [6.07, 6.45) is 0.525. The van der Waals surface area contributed by atoms with E-state index in [1.807, 2.05) is 50.2 Å². The van der Waals surface area contributed by atoms with Crippen LogP contribution in [-0.4, -0.2) is 12.1 Å². The maximum Gasteiger partial charge on any atom is 0.342 e. The van der Waals surface area contributed by atoms with E-state index in [0.717, 1.165) is 22.6 Å². The van der Waals surface area contributed by atoms with Gasteiger partial charge in [-0.15, -0.1) is 0 Å². The number of hydrogen-bond donors (Lipinski definition) is 0. The molecular weight excluding hydrogens is 276 g/mol. The van der Waals surface area contributed by atoms with Crippen molar-refractivity contribution < 1.29 is 14.6 Å². The maximum atomic E-state index is 12.6. The van der Waals surface area contributed by atoms with Crippen LogP contribution in [-0.2, 0) is 9.84 Å². The average Bonchev–Trinajstić information content (AvgIpc) is 2.53. The number of carbonyl (C=O) groups excluding carboxylic acids is 1. The molecule has 0 spiro atoms. The van der Waals surface area contributed by atoms with Crippen LogP contribution in [0.5, 0.6) is 5.75 Å². The molecule has 3 rings (SSSR count). The third kappa shape index (κ3) is 2.50. The number of carbonyl (C=O) groups is 1. The lowest BCUT2D eigenvalue weighted by Gasteiger charge is -2.12. The molecule has 0 saturated carbocycles. The van der Waals surface area contributed by atoms with Crippen LogP contribution in [0.2, 0.25) is 0 Å². The second kappa shape index (κ2) is 5.68. The van der Waals surface area contributed by atoms with Crippen molar-refractivity contribution in [3.63, 3.8) is 0 Å². The van der Waals surface area contributed by atoms with E-state index in [0.29, 0.717) is 5.39 Å². The predicted octanol–water partition coefficient (Wildman–Crippen LogP) is 5.09. The van der Waals surface area contributed by atoms with E-state index in [9.17, 15) is 9.90 Å². The van der Waals surface area contributed by atoms with E-state index < -0.39 is 5.97 Å². The predicted molar refractivity (Wildman–Crippen MR) is 86.8 cm³/mol. The molecule has 0 heterocycles. The topological polar surface area (TPSA) is 46.2 Å². The summed E-state index contributed by atoms with van der Waals surface area (Å²) in [7, 11) is 0. The molecule has 1 radical (unpaired) electrons. The molecule has 1 unspecified atom stereocenters. The first-order valence-corrected chi connectivity index (χ1v) is 7.43. The van der Waals surface area contributed by atoms with Crippen molar-refractivity contribution in [3.8, 4) is 5.75 Å². The van der Waals surface area contributed by atoms with Gasteiger partial charge in [-0.25, -0.2) is 4.79 Å². The van der Waals surface area contributed by atoms with Crippen LogP contribution in [0.25, 0.3) is 21.5 Å². The van der Waals surface area contributed by atoms with Gasteiger partial charge in [0.2, 0.25) is 5.75 Å². The Labute approximate surface area is 129 Å². The number of esters is 1. The monoisotopic (exact) mass is 293 g/mol. The summed E-state index contributed by atoms with van der Waals surface area (Å²) in [5, 5.41) is 16.0. The summed E-state index contributed by atoms with van der Waals surface area (Å²) >= 11 is 0. The fraction of sp³-hybridized carbons (Fsp3) is 0.211. The van der Waals surface area contributed by atoms with Crippen LogP contribution in [0.4, 0.5) is 0 Å². The minimum absolute atomic E-state index is 0.100. The molecular formula is C19H17O3. The van der Waals surface area contributed by atoms with Gasteiger partial charge in [0, 0.05) is 5.39 Å². The standard InChI is InChI=1S/C19H17O3/c1-3-12(2)22-19(21)16-9-8-15-10-13-6-4-5-7-14(13)11-17(15)18(16)20/h4-12H,3H2,1-2H3. The second-order valence-corrected chi connectivity index (χ2v) is 5.49. The second-order valence-electron chi connectivity index (χ2n) is 5.49. The summed E-state index contributed by atoms with van der Waals surface area (Å²) in [6.45, 7) is 3.75. The Bertz CT molecular complexity index is 852. The van der Waals surface area contributed by atoms with E-state index in [2.05, 4.69) is 0 Å². The Kier molecular flexibility index (Phi) is 3.72. The zero-order chi connectivity index (χ0) is 15.7. The Morgan fingerprint density at radius 3 is 2.41 bits per heavy atom. The highest BCUT2D eigenvalue weighted by atomic mass is 16.5. The summed E-state index contributed by atoms with van der Waals surface area (Å²) in [4.78, 5) is 12.1. The van der Waals surface area contributed by atoms with Crippen molar-refractivity contribution in [1.29, 1.82) is 0 Å². The van der Waals surface area contributed by atoms with Crippen LogP contribution >= 0.6 is 0 Å². The van der Waals surface area contributed by atoms with Gasteiger partial charge in [0.05, 0.1) is 6.10 Å². The van der Waals surface area contributed by atoms with Crippen LogP contribution in [0.15, 0.2) is 48.5 Å².